The maximum Gasteiger partial charge on any atom is 0.416 e. The fourth-order valence-corrected chi connectivity index (χ4v) is 3.74. The highest BCUT2D eigenvalue weighted by Crippen LogP contribution is 2.29. The molecule has 1 fully saturated rings. The van der Waals surface area contributed by atoms with Gasteiger partial charge in [0.1, 0.15) is 0 Å². The van der Waals surface area contributed by atoms with Crippen molar-refractivity contribution in [2.45, 2.75) is 32.5 Å². The smallest absolute Gasteiger partial charge is 0.340 e. The SMILES string of the molecule is CC(=O)N1CCN(CCC(=O)N2CC=C(NOCc3cccc(C(F)(F)F)c3)CC2)CC1. The molecule has 0 unspecified atom stereocenters. The van der Waals surface area contributed by atoms with Gasteiger partial charge >= 0.3 is 6.18 Å². The Morgan fingerprint density at radius 2 is 1.84 bits per heavy atom. The summed E-state index contributed by atoms with van der Waals surface area (Å²) in [5, 5.41) is 0. The van der Waals surface area contributed by atoms with E-state index < -0.39 is 11.7 Å². The molecular formula is C22H29F3N4O3. The minimum Gasteiger partial charge on any atom is -0.340 e. The predicted octanol–water partition coefficient (Wildman–Crippen LogP) is 2.40. The Hall–Kier alpha value is -2.59. The summed E-state index contributed by atoms with van der Waals surface area (Å²) < 4.78 is 38.3. The first-order chi connectivity index (χ1) is 15.2. The summed E-state index contributed by atoms with van der Waals surface area (Å²) >= 11 is 0. The zero-order valence-corrected chi connectivity index (χ0v) is 18.2. The molecule has 0 saturated carbocycles. The molecule has 0 bridgehead atoms. The minimum atomic E-state index is -4.38. The van der Waals surface area contributed by atoms with Crippen LogP contribution in [-0.2, 0) is 27.2 Å². The third-order valence-corrected chi connectivity index (χ3v) is 5.72. The zero-order chi connectivity index (χ0) is 23.1. The first-order valence-electron chi connectivity index (χ1n) is 10.7. The molecule has 0 aromatic heterocycles. The molecular weight excluding hydrogens is 425 g/mol. The van der Waals surface area contributed by atoms with Gasteiger partial charge in [-0.2, -0.15) is 13.2 Å². The maximum atomic E-state index is 12.8. The maximum absolute atomic E-state index is 12.8. The van der Waals surface area contributed by atoms with Crippen LogP contribution in [0.15, 0.2) is 36.0 Å². The summed E-state index contributed by atoms with van der Waals surface area (Å²) in [6.45, 7) is 6.24. The average molecular weight is 454 g/mol. The molecule has 0 atom stereocenters. The molecule has 10 heteroatoms. The number of nitrogens with zero attached hydrogens (tertiary/aromatic N) is 3. The van der Waals surface area contributed by atoms with Crippen LogP contribution in [0.4, 0.5) is 13.2 Å². The molecule has 1 aromatic carbocycles. The number of benzene rings is 1. The Kier molecular flexibility index (Phi) is 8.14. The van der Waals surface area contributed by atoms with Crippen molar-refractivity contribution in [1.82, 2.24) is 20.2 Å². The molecule has 1 saturated heterocycles. The van der Waals surface area contributed by atoms with Crippen molar-refractivity contribution in [1.29, 1.82) is 0 Å². The molecule has 32 heavy (non-hydrogen) atoms. The van der Waals surface area contributed by atoms with Crippen molar-refractivity contribution in [2.75, 3.05) is 45.8 Å². The molecule has 2 aliphatic heterocycles. The van der Waals surface area contributed by atoms with Gasteiger partial charge in [0.05, 0.1) is 12.2 Å². The van der Waals surface area contributed by atoms with Gasteiger partial charge < -0.3 is 9.80 Å². The number of piperazine rings is 1. The molecule has 1 aromatic rings. The van der Waals surface area contributed by atoms with Gasteiger partial charge in [0.15, 0.2) is 0 Å². The Bertz CT molecular complexity index is 836. The van der Waals surface area contributed by atoms with E-state index >= 15 is 0 Å². The summed E-state index contributed by atoms with van der Waals surface area (Å²) in [5.41, 5.74) is 3.31. The van der Waals surface area contributed by atoms with Gasteiger partial charge in [0.2, 0.25) is 11.8 Å². The van der Waals surface area contributed by atoms with E-state index in [1.165, 1.54) is 6.07 Å². The van der Waals surface area contributed by atoms with Gasteiger partial charge in [-0.05, 0) is 23.8 Å². The Morgan fingerprint density at radius 1 is 1.09 bits per heavy atom. The van der Waals surface area contributed by atoms with E-state index in [1.807, 2.05) is 11.0 Å². The lowest BCUT2D eigenvalue weighted by atomic mass is 10.1. The van der Waals surface area contributed by atoms with E-state index in [1.54, 1.807) is 17.9 Å². The number of alkyl halides is 3. The van der Waals surface area contributed by atoms with Gasteiger partial charge in [-0.25, -0.2) is 0 Å². The van der Waals surface area contributed by atoms with Crippen LogP contribution in [0.3, 0.4) is 0 Å². The van der Waals surface area contributed by atoms with Crippen LogP contribution in [0.1, 0.15) is 30.9 Å². The number of hydroxylamine groups is 1. The summed E-state index contributed by atoms with van der Waals surface area (Å²) in [7, 11) is 0. The molecule has 2 amide bonds. The van der Waals surface area contributed by atoms with E-state index in [0.717, 1.165) is 30.9 Å². The van der Waals surface area contributed by atoms with Crippen LogP contribution in [0.2, 0.25) is 0 Å². The van der Waals surface area contributed by atoms with Crippen LogP contribution in [0.25, 0.3) is 0 Å². The molecule has 0 radical (unpaired) electrons. The third kappa shape index (κ3) is 6.96. The van der Waals surface area contributed by atoms with Crippen molar-refractivity contribution < 1.29 is 27.6 Å². The lowest BCUT2D eigenvalue weighted by Gasteiger charge is -2.34. The van der Waals surface area contributed by atoms with Crippen molar-refractivity contribution in [3.63, 3.8) is 0 Å². The van der Waals surface area contributed by atoms with Crippen molar-refractivity contribution in [2.24, 2.45) is 0 Å². The summed E-state index contributed by atoms with van der Waals surface area (Å²) in [4.78, 5) is 35.0. The normalized spacial score (nSPS) is 17.8. The van der Waals surface area contributed by atoms with Crippen LogP contribution in [-0.4, -0.2) is 72.3 Å². The number of hydrogen-bond acceptors (Lipinski definition) is 5. The Balaban J connectivity index is 1.36. The molecule has 3 rings (SSSR count). The number of hydrogen-bond donors (Lipinski definition) is 1. The van der Waals surface area contributed by atoms with E-state index in [4.69, 9.17) is 4.84 Å². The zero-order valence-electron chi connectivity index (χ0n) is 18.2. The fourth-order valence-electron chi connectivity index (χ4n) is 3.74. The predicted molar refractivity (Wildman–Crippen MR) is 112 cm³/mol. The lowest BCUT2D eigenvalue weighted by molar-refractivity contribution is -0.137. The highest BCUT2D eigenvalue weighted by Gasteiger charge is 2.30. The molecule has 0 aliphatic carbocycles. The van der Waals surface area contributed by atoms with Gasteiger partial charge in [0, 0.05) is 71.3 Å². The second-order valence-electron chi connectivity index (χ2n) is 8.01. The number of halogens is 3. The fraction of sp³-hybridized carbons (Fsp3) is 0.545. The van der Waals surface area contributed by atoms with Crippen LogP contribution in [0, 0.1) is 0 Å². The van der Waals surface area contributed by atoms with E-state index in [9.17, 15) is 22.8 Å². The van der Waals surface area contributed by atoms with Gasteiger partial charge in [-0.3, -0.25) is 24.8 Å². The van der Waals surface area contributed by atoms with Crippen LogP contribution in [0.5, 0.6) is 0 Å². The van der Waals surface area contributed by atoms with Gasteiger partial charge in [-0.15, -0.1) is 0 Å². The van der Waals surface area contributed by atoms with Gasteiger partial charge in [-0.1, -0.05) is 12.1 Å². The first kappa shape index (κ1) is 24.1. The van der Waals surface area contributed by atoms with Crippen molar-refractivity contribution in [3.05, 3.63) is 47.2 Å². The first-order valence-corrected chi connectivity index (χ1v) is 10.7. The van der Waals surface area contributed by atoms with E-state index in [2.05, 4.69) is 10.4 Å². The highest BCUT2D eigenvalue weighted by molar-refractivity contribution is 5.76. The standard InChI is InChI=1S/C22H29F3N4O3/c1-17(30)28-13-11-27(12-14-28)8-7-21(31)29-9-5-20(6-10-29)26-32-16-18-3-2-4-19(15-18)22(23,24)25/h2-5,15,26H,6-14,16H2,1H3. The third-order valence-electron chi connectivity index (χ3n) is 5.72. The number of nitrogens with one attached hydrogen (secondary N) is 1. The summed E-state index contributed by atoms with van der Waals surface area (Å²) in [6.07, 6.45) is -1.50. The average Bonchev–Trinajstić information content (AvgIpc) is 2.78. The van der Waals surface area contributed by atoms with Crippen molar-refractivity contribution >= 4 is 11.8 Å². The molecule has 0 spiro atoms. The molecule has 7 nitrogen and oxygen atoms in total. The monoisotopic (exact) mass is 454 g/mol. The highest BCUT2D eigenvalue weighted by atomic mass is 19.4. The van der Waals surface area contributed by atoms with Crippen LogP contribution < -0.4 is 5.48 Å². The second-order valence-corrected chi connectivity index (χ2v) is 8.01. The van der Waals surface area contributed by atoms with E-state index in [-0.39, 0.29) is 18.4 Å². The summed E-state index contributed by atoms with van der Waals surface area (Å²) in [6, 6.07) is 5.02. The quantitative estimate of drug-likeness (QED) is 0.641. The Morgan fingerprint density at radius 3 is 2.47 bits per heavy atom. The van der Waals surface area contributed by atoms with Crippen molar-refractivity contribution in [3.8, 4) is 0 Å². The number of amides is 2. The molecule has 2 heterocycles. The molecule has 1 N–H and O–H groups in total. The molecule has 176 valence electrons. The number of rotatable bonds is 7. The topological polar surface area (TPSA) is 65.1 Å². The van der Waals surface area contributed by atoms with E-state index in [0.29, 0.717) is 51.1 Å². The number of carbonyl (C=O) groups excluding carboxylic acids is 2. The lowest BCUT2D eigenvalue weighted by Crippen LogP contribution is -2.49. The minimum absolute atomic E-state index is 0.000790. The van der Waals surface area contributed by atoms with Crippen LogP contribution >= 0.6 is 0 Å². The largest absolute Gasteiger partial charge is 0.416 e. The second kappa shape index (κ2) is 10.8. The number of carbonyl (C=O) groups is 2. The Labute approximate surface area is 185 Å². The summed E-state index contributed by atoms with van der Waals surface area (Å²) in [5.74, 6) is 0.170. The van der Waals surface area contributed by atoms with Gasteiger partial charge in [0.25, 0.3) is 0 Å². The molecule has 2 aliphatic rings.